The Kier molecular flexibility index (Phi) is 4.24. The van der Waals surface area contributed by atoms with E-state index in [2.05, 4.69) is 17.3 Å². The molecule has 2 aliphatic carbocycles. The molecule has 9 heteroatoms. The number of aromatic nitrogens is 3. The van der Waals surface area contributed by atoms with Crippen molar-refractivity contribution in [2.75, 3.05) is 5.73 Å². The van der Waals surface area contributed by atoms with Crippen LogP contribution in [-0.4, -0.2) is 43.4 Å². The molecule has 2 saturated carbocycles. The maximum Gasteiger partial charge on any atom is 0.259 e. The zero-order valence-electron chi connectivity index (χ0n) is 17.6. The molecule has 6 rings (SSSR count). The largest absolute Gasteiger partial charge is 0.381 e. The van der Waals surface area contributed by atoms with Crippen LogP contribution >= 0.6 is 11.6 Å². The Hall–Kier alpha value is -3.13. The minimum atomic E-state index is -0.257. The van der Waals surface area contributed by atoms with E-state index in [1.807, 2.05) is 11.0 Å². The Morgan fingerprint density at radius 3 is 2.78 bits per heavy atom. The lowest BCUT2D eigenvalue weighted by Gasteiger charge is -2.23. The molecule has 3 aromatic rings. The first kappa shape index (κ1) is 19.5. The topological polar surface area (TPSA) is 106 Å². The molecule has 3 aliphatic rings. The second kappa shape index (κ2) is 6.93. The van der Waals surface area contributed by atoms with Crippen molar-refractivity contribution in [3.8, 4) is 11.3 Å². The summed E-state index contributed by atoms with van der Waals surface area (Å²) in [6.07, 6.45) is 6.04. The number of benzene rings is 1. The number of carbonyl (C=O) groups is 2. The molecular weight excluding hydrogens is 428 g/mol. The minimum absolute atomic E-state index is 0.00181. The van der Waals surface area contributed by atoms with Crippen molar-refractivity contribution in [3.05, 3.63) is 46.1 Å². The van der Waals surface area contributed by atoms with Gasteiger partial charge in [0, 0.05) is 30.4 Å². The van der Waals surface area contributed by atoms with Crippen LogP contribution in [0.2, 0.25) is 5.02 Å². The number of nitrogens with zero attached hydrogens (tertiary/aromatic N) is 4. The van der Waals surface area contributed by atoms with E-state index >= 15 is 0 Å². The first-order valence-electron chi connectivity index (χ1n) is 11.0. The molecule has 8 nitrogen and oxygen atoms in total. The van der Waals surface area contributed by atoms with Crippen molar-refractivity contribution in [2.24, 2.45) is 5.92 Å². The van der Waals surface area contributed by atoms with Crippen molar-refractivity contribution in [1.29, 1.82) is 0 Å². The number of nitrogens with one attached hydrogen (secondary N) is 1. The summed E-state index contributed by atoms with van der Waals surface area (Å²) < 4.78 is 1.51. The van der Waals surface area contributed by atoms with E-state index in [1.165, 1.54) is 17.4 Å². The number of hydrogen-bond donors (Lipinski definition) is 2. The average molecular weight is 451 g/mol. The number of anilines is 1. The van der Waals surface area contributed by atoms with Crippen molar-refractivity contribution < 1.29 is 9.59 Å². The summed E-state index contributed by atoms with van der Waals surface area (Å²) in [6, 6.07) is 5.97. The van der Waals surface area contributed by atoms with Crippen LogP contribution in [0.5, 0.6) is 0 Å². The number of nitrogen functional groups attached to an aromatic ring is 1. The number of nitrogens with two attached hydrogens (primary N) is 1. The summed E-state index contributed by atoms with van der Waals surface area (Å²) in [6.45, 7) is 2.67. The predicted octanol–water partition coefficient (Wildman–Crippen LogP) is 3.28. The van der Waals surface area contributed by atoms with Gasteiger partial charge in [-0.1, -0.05) is 11.6 Å². The summed E-state index contributed by atoms with van der Waals surface area (Å²) >= 11 is 6.58. The van der Waals surface area contributed by atoms with E-state index in [4.69, 9.17) is 22.3 Å². The quantitative estimate of drug-likeness (QED) is 0.620. The maximum atomic E-state index is 13.0. The highest BCUT2D eigenvalue weighted by molar-refractivity contribution is 6.34. The van der Waals surface area contributed by atoms with Gasteiger partial charge in [-0.2, -0.15) is 0 Å². The molecule has 2 fully saturated rings. The van der Waals surface area contributed by atoms with E-state index in [1.54, 1.807) is 18.3 Å². The number of carbonyl (C=O) groups excluding carboxylic acids is 2. The van der Waals surface area contributed by atoms with Crippen LogP contribution in [0.15, 0.2) is 24.4 Å². The zero-order valence-corrected chi connectivity index (χ0v) is 18.4. The highest BCUT2D eigenvalue weighted by atomic mass is 35.5. The van der Waals surface area contributed by atoms with E-state index in [0.717, 1.165) is 24.0 Å². The van der Waals surface area contributed by atoms with Crippen molar-refractivity contribution >= 4 is 34.9 Å². The van der Waals surface area contributed by atoms with Gasteiger partial charge in [-0.3, -0.25) is 9.59 Å². The lowest BCUT2D eigenvalue weighted by molar-refractivity contribution is 0.0697. The Labute approximate surface area is 189 Å². The molecule has 1 atom stereocenters. The normalized spacial score (nSPS) is 18.8. The van der Waals surface area contributed by atoms with Crippen LogP contribution < -0.4 is 11.1 Å². The van der Waals surface area contributed by atoms with Crippen LogP contribution in [0, 0.1) is 5.92 Å². The summed E-state index contributed by atoms with van der Waals surface area (Å²) in [5, 5.41) is 7.60. The minimum Gasteiger partial charge on any atom is -0.381 e. The fourth-order valence-electron chi connectivity index (χ4n) is 4.55. The first-order chi connectivity index (χ1) is 15.4. The molecule has 2 amide bonds. The molecule has 0 spiro atoms. The number of hydrogen-bond acceptors (Lipinski definition) is 5. The highest BCUT2D eigenvalue weighted by Crippen LogP contribution is 2.40. The van der Waals surface area contributed by atoms with Crippen molar-refractivity contribution in [1.82, 2.24) is 24.8 Å². The van der Waals surface area contributed by atoms with Gasteiger partial charge in [0.15, 0.2) is 11.5 Å². The van der Waals surface area contributed by atoms with Gasteiger partial charge in [0.1, 0.15) is 5.56 Å². The van der Waals surface area contributed by atoms with Gasteiger partial charge >= 0.3 is 0 Å². The predicted molar refractivity (Wildman–Crippen MR) is 120 cm³/mol. The van der Waals surface area contributed by atoms with Crippen LogP contribution in [0.25, 0.3) is 16.9 Å². The third-order valence-corrected chi connectivity index (χ3v) is 7.03. The van der Waals surface area contributed by atoms with Gasteiger partial charge < -0.3 is 16.0 Å². The van der Waals surface area contributed by atoms with E-state index in [9.17, 15) is 9.59 Å². The summed E-state index contributed by atoms with van der Waals surface area (Å²) in [5.41, 5.74) is 9.64. The maximum absolute atomic E-state index is 13.0. The fourth-order valence-corrected chi connectivity index (χ4v) is 4.87. The molecule has 32 heavy (non-hydrogen) atoms. The van der Waals surface area contributed by atoms with Gasteiger partial charge in [0.2, 0.25) is 0 Å². The van der Waals surface area contributed by atoms with E-state index in [0.29, 0.717) is 34.4 Å². The smallest absolute Gasteiger partial charge is 0.259 e. The number of halogens is 1. The molecule has 164 valence electrons. The van der Waals surface area contributed by atoms with E-state index in [-0.39, 0.29) is 35.3 Å². The second-order valence-corrected chi connectivity index (χ2v) is 9.50. The molecule has 3 N–H and O–H groups in total. The highest BCUT2D eigenvalue weighted by Gasteiger charge is 2.39. The van der Waals surface area contributed by atoms with Crippen LogP contribution in [-0.2, 0) is 6.54 Å². The van der Waals surface area contributed by atoms with Crippen LogP contribution in [0.4, 0.5) is 5.82 Å². The lowest BCUT2D eigenvalue weighted by atomic mass is 10.0. The lowest BCUT2D eigenvalue weighted by Crippen LogP contribution is -2.34. The van der Waals surface area contributed by atoms with Crippen molar-refractivity contribution in [2.45, 2.75) is 51.2 Å². The molecule has 0 bridgehead atoms. The van der Waals surface area contributed by atoms with Gasteiger partial charge in [-0.15, -0.1) is 5.10 Å². The summed E-state index contributed by atoms with van der Waals surface area (Å²) in [7, 11) is 0. The number of fused-ring (bicyclic) bond motifs is 2. The van der Waals surface area contributed by atoms with Crippen molar-refractivity contribution in [3.63, 3.8) is 0 Å². The van der Waals surface area contributed by atoms with Gasteiger partial charge in [-0.05, 0) is 62.3 Å². The Morgan fingerprint density at radius 1 is 1.28 bits per heavy atom. The first-order valence-corrected chi connectivity index (χ1v) is 11.4. The summed E-state index contributed by atoms with van der Waals surface area (Å²) in [5.74, 6) is 0.479. The average Bonchev–Trinajstić information content (AvgIpc) is 3.68. The zero-order chi connectivity index (χ0) is 22.1. The molecule has 0 saturated heterocycles. The molecule has 0 radical (unpaired) electrons. The van der Waals surface area contributed by atoms with Crippen LogP contribution in [0.3, 0.4) is 0 Å². The molecular formula is C23H23ClN6O2. The molecule has 0 unspecified atom stereocenters. The molecule has 3 heterocycles. The van der Waals surface area contributed by atoms with Gasteiger partial charge in [-0.25, -0.2) is 9.50 Å². The van der Waals surface area contributed by atoms with E-state index < -0.39 is 0 Å². The second-order valence-electron chi connectivity index (χ2n) is 9.09. The fraction of sp³-hybridized carbons (Fsp3) is 0.391. The molecule has 1 aromatic carbocycles. The third-order valence-electron chi connectivity index (χ3n) is 6.73. The molecule has 2 aromatic heterocycles. The standard InChI is InChI=1S/C23H23ClN6O2/c1-11(12-2-3-12)29-10-14-8-13(9-16(24)18(14)23(29)32)17-6-7-30-21(27-17)19(20(25)28-30)22(31)26-15-4-5-15/h6-9,11-12,15H,2-5,10H2,1H3,(H2,25,28)(H,26,31)/t11-/m0/s1. The Balaban J connectivity index is 1.38. The number of amides is 2. The van der Waals surface area contributed by atoms with Gasteiger partial charge in [0.25, 0.3) is 11.8 Å². The monoisotopic (exact) mass is 450 g/mol. The Bertz CT molecular complexity index is 1290. The SMILES string of the molecule is C[C@@H](C1CC1)N1Cc2cc(-c3ccn4nc(N)c(C(=O)NC5CC5)c4n3)cc(Cl)c2C1=O. The molecule has 1 aliphatic heterocycles. The third kappa shape index (κ3) is 3.12. The van der Waals surface area contributed by atoms with Crippen LogP contribution in [0.1, 0.15) is 58.9 Å². The number of rotatable bonds is 5. The van der Waals surface area contributed by atoms with Gasteiger partial charge in [0.05, 0.1) is 16.3 Å². The summed E-state index contributed by atoms with van der Waals surface area (Å²) in [4.78, 5) is 32.3. The Morgan fingerprint density at radius 2 is 2.06 bits per heavy atom.